The van der Waals surface area contributed by atoms with Crippen molar-refractivity contribution in [2.24, 2.45) is 11.8 Å². The molecule has 1 aromatic carbocycles. The Kier molecular flexibility index (Phi) is 2.23. The lowest BCUT2D eigenvalue weighted by Gasteiger charge is -2.36. The van der Waals surface area contributed by atoms with Gasteiger partial charge in [-0.25, -0.2) is 0 Å². The zero-order valence-corrected chi connectivity index (χ0v) is 10.9. The Bertz CT molecular complexity index is 474. The molecule has 3 nitrogen and oxygen atoms in total. The molecule has 3 aliphatic rings. The van der Waals surface area contributed by atoms with Gasteiger partial charge in [0, 0.05) is 25.2 Å². The van der Waals surface area contributed by atoms with Gasteiger partial charge in [-0.3, -0.25) is 0 Å². The molecule has 1 aromatic rings. The van der Waals surface area contributed by atoms with Crippen molar-refractivity contribution in [1.82, 2.24) is 0 Å². The van der Waals surface area contributed by atoms with Crippen molar-refractivity contribution in [1.29, 1.82) is 0 Å². The van der Waals surface area contributed by atoms with E-state index in [0.717, 1.165) is 30.2 Å². The average molecular weight is 244 g/mol. The molecule has 1 aliphatic carbocycles. The second-order valence-corrected chi connectivity index (χ2v) is 5.84. The second kappa shape index (κ2) is 3.81. The number of benzene rings is 1. The van der Waals surface area contributed by atoms with Crippen LogP contribution in [0.4, 0.5) is 11.4 Å². The van der Waals surface area contributed by atoms with Crippen LogP contribution in [0.25, 0.3) is 0 Å². The standard InChI is InChI=1S/C15H20N2O/c1-18-11-5-6-14-13(7-11)16-8-15-12-4-2-3-10(12)9-17(14)15/h5-7,10,12,15-16H,2-4,8-9H2,1H3. The number of hydrogen-bond donors (Lipinski definition) is 1. The molecule has 0 spiro atoms. The van der Waals surface area contributed by atoms with Gasteiger partial charge in [-0.1, -0.05) is 6.42 Å². The molecule has 1 N–H and O–H groups in total. The summed E-state index contributed by atoms with van der Waals surface area (Å²) in [6.45, 7) is 2.36. The van der Waals surface area contributed by atoms with Crippen molar-refractivity contribution < 1.29 is 4.74 Å². The fourth-order valence-electron chi connectivity index (χ4n) is 4.21. The fraction of sp³-hybridized carbons (Fsp3) is 0.600. The van der Waals surface area contributed by atoms with Crippen LogP contribution in [0.15, 0.2) is 18.2 Å². The molecule has 2 fully saturated rings. The van der Waals surface area contributed by atoms with Crippen LogP contribution in [0.2, 0.25) is 0 Å². The molecule has 0 radical (unpaired) electrons. The van der Waals surface area contributed by atoms with Crippen LogP contribution in [0.1, 0.15) is 19.3 Å². The predicted octanol–water partition coefficient (Wildman–Crippen LogP) is 2.73. The van der Waals surface area contributed by atoms with Gasteiger partial charge in [0.15, 0.2) is 0 Å². The first kappa shape index (κ1) is 10.5. The van der Waals surface area contributed by atoms with Crippen molar-refractivity contribution in [2.75, 3.05) is 30.4 Å². The largest absolute Gasteiger partial charge is 0.497 e. The van der Waals surface area contributed by atoms with Crippen LogP contribution in [0, 0.1) is 11.8 Å². The highest BCUT2D eigenvalue weighted by Crippen LogP contribution is 2.47. The monoisotopic (exact) mass is 244 g/mol. The second-order valence-electron chi connectivity index (χ2n) is 5.84. The Morgan fingerprint density at radius 1 is 1.33 bits per heavy atom. The summed E-state index contributed by atoms with van der Waals surface area (Å²) in [5.41, 5.74) is 2.62. The van der Waals surface area contributed by atoms with Gasteiger partial charge in [-0.15, -0.1) is 0 Å². The van der Waals surface area contributed by atoms with Crippen LogP contribution >= 0.6 is 0 Å². The van der Waals surface area contributed by atoms with Crippen molar-refractivity contribution in [2.45, 2.75) is 25.3 Å². The molecule has 1 saturated carbocycles. The lowest BCUT2D eigenvalue weighted by atomic mass is 9.93. The number of anilines is 2. The summed E-state index contributed by atoms with van der Waals surface area (Å²) >= 11 is 0. The molecule has 1 saturated heterocycles. The van der Waals surface area contributed by atoms with E-state index in [1.54, 1.807) is 7.11 Å². The quantitative estimate of drug-likeness (QED) is 0.822. The molecule has 3 heteroatoms. The number of nitrogens with zero attached hydrogens (tertiary/aromatic N) is 1. The number of rotatable bonds is 1. The van der Waals surface area contributed by atoms with Gasteiger partial charge in [-0.05, 0) is 36.8 Å². The minimum atomic E-state index is 0.721. The molecule has 0 bridgehead atoms. The van der Waals surface area contributed by atoms with E-state index in [4.69, 9.17) is 4.74 Å². The Morgan fingerprint density at radius 2 is 2.28 bits per heavy atom. The van der Waals surface area contributed by atoms with E-state index >= 15 is 0 Å². The molecule has 0 amide bonds. The zero-order valence-electron chi connectivity index (χ0n) is 10.9. The summed E-state index contributed by atoms with van der Waals surface area (Å²) in [5, 5.41) is 3.60. The molecule has 4 rings (SSSR count). The minimum absolute atomic E-state index is 0.721. The molecule has 3 atom stereocenters. The molecule has 3 unspecified atom stereocenters. The van der Waals surface area contributed by atoms with Crippen LogP contribution in [-0.2, 0) is 0 Å². The Balaban J connectivity index is 1.70. The van der Waals surface area contributed by atoms with E-state index in [-0.39, 0.29) is 0 Å². The maximum absolute atomic E-state index is 5.31. The molecule has 96 valence electrons. The summed E-state index contributed by atoms with van der Waals surface area (Å²) in [4.78, 5) is 2.64. The van der Waals surface area contributed by atoms with E-state index in [9.17, 15) is 0 Å². The van der Waals surface area contributed by atoms with Crippen LogP contribution in [-0.4, -0.2) is 26.2 Å². The topological polar surface area (TPSA) is 24.5 Å². The summed E-state index contributed by atoms with van der Waals surface area (Å²) in [7, 11) is 1.73. The van der Waals surface area contributed by atoms with Crippen molar-refractivity contribution in [3.63, 3.8) is 0 Å². The number of nitrogens with one attached hydrogen (secondary N) is 1. The predicted molar refractivity (Wildman–Crippen MR) is 73.4 cm³/mol. The van der Waals surface area contributed by atoms with Crippen molar-refractivity contribution in [3.8, 4) is 5.75 Å². The van der Waals surface area contributed by atoms with E-state index in [0.29, 0.717) is 0 Å². The van der Waals surface area contributed by atoms with E-state index in [1.807, 2.05) is 0 Å². The van der Waals surface area contributed by atoms with Gasteiger partial charge < -0.3 is 15.0 Å². The van der Waals surface area contributed by atoms with E-state index in [2.05, 4.69) is 28.4 Å². The fourth-order valence-corrected chi connectivity index (χ4v) is 4.21. The third kappa shape index (κ3) is 1.36. The van der Waals surface area contributed by atoms with Gasteiger partial charge in [-0.2, -0.15) is 0 Å². The normalized spacial score (nSPS) is 32.5. The SMILES string of the molecule is COc1ccc2c(c1)NCC1C3CCCC3CN21. The van der Waals surface area contributed by atoms with E-state index < -0.39 is 0 Å². The lowest BCUT2D eigenvalue weighted by molar-refractivity contribution is 0.414. The Morgan fingerprint density at radius 3 is 3.17 bits per heavy atom. The van der Waals surface area contributed by atoms with Gasteiger partial charge >= 0.3 is 0 Å². The van der Waals surface area contributed by atoms with Crippen LogP contribution < -0.4 is 15.0 Å². The average Bonchev–Trinajstić information content (AvgIpc) is 2.98. The first-order chi connectivity index (χ1) is 8.86. The maximum Gasteiger partial charge on any atom is 0.121 e. The van der Waals surface area contributed by atoms with E-state index in [1.165, 1.54) is 37.2 Å². The van der Waals surface area contributed by atoms with Gasteiger partial charge in [0.1, 0.15) is 5.75 Å². The van der Waals surface area contributed by atoms with Crippen LogP contribution in [0.3, 0.4) is 0 Å². The third-order valence-corrected chi connectivity index (χ3v) is 5.06. The van der Waals surface area contributed by atoms with Gasteiger partial charge in [0.25, 0.3) is 0 Å². The van der Waals surface area contributed by atoms with Gasteiger partial charge in [0.2, 0.25) is 0 Å². The van der Waals surface area contributed by atoms with Crippen LogP contribution in [0.5, 0.6) is 5.75 Å². The highest BCUT2D eigenvalue weighted by Gasteiger charge is 2.45. The summed E-state index contributed by atoms with van der Waals surface area (Å²) in [5.74, 6) is 2.80. The van der Waals surface area contributed by atoms with Crippen molar-refractivity contribution >= 4 is 11.4 Å². The maximum atomic E-state index is 5.31. The molecule has 2 heterocycles. The van der Waals surface area contributed by atoms with Crippen molar-refractivity contribution in [3.05, 3.63) is 18.2 Å². The number of fused-ring (bicyclic) bond motifs is 5. The number of hydrogen-bond acceptors (Lipinski definition) is 3. The summed E-state index contributed by atoms with van der Waals surface area (Å²) in [6.07, 6.45) is 4.30. The van der Waals surface area contributed by atoms with Gasteiger partial charge in [0.05, 0.1) is 18.5 Å². The summed E-state index contributed by atoms with van der Waals surface area (Å²) in [6, 6.07) is 7.14. The molecular weight excluding hydrogens is 224 g/mol. The summed E-state index contributed by atoms with van der Waals surface area (Å²) < 4.78 is 5.31. The first-order valence-corrected chi connectivity index (χ1v) is 7.05. The highest BCUT2D eigenvalue weighted by molar-refractivity contribution is 5.75. The molecule has 0 aromatic heterocycles. The Labute approximate surface area is 108 Å². The first-order valence-electron chi connectivity index (χ1n) is 7.05. The minimum Gasteiger partial charge on any atom is -0.497 e. The highest BCUT2D eigenvalue weighted by atomic mass is 16.5. The molecule has 2 aliphatic heterocycles. The Hall–Kier alpha value is -1.38. The smallest absolute Gasteiger partial charge is 0.121 e. The number of ether oxygens (including phenoxy) is 1. The third-order valence-electron chi connectivity index (χ3n) is 5.06. The number of methoxy groups -OCH3 is 1. The lowest BCUT2D eigenvalue weighted by Crippen LogP contribution is -2.42. The zero-order chi connectivity index (χ0) is 12.1. The molecule has 18 heavy (non-hydrogen) atoms. The molecular formula is C15H20N2O.